The van der Waals surface area contributed by atoms with E-state index in [0.717, 1.165) is 10.0 Å². The first-order chi connectivity index (χ1) is 7.99. The van der Waals surface area contributed by atoms with Gasteiger partial charge in [0.25, 0.3) is 5.91 Å². The molecule has 0 fully saturated rings. The minimum Gasteiger partial charge on any atom is -0.382 e. The number of nitrogen functional groups attached to an aromatic ring is 1. The van der Waals surface area contributed by atoms with Crippen molar-refractivity contribution in [1.82, 2.24) is 9.78 Å². The van der Waals surface area contributed by atoms with E-state index in [9.17, 15) is 4.79 Å². The molecular formula is C11H11BrN4O. The molecule has 2 aromatic rings. The van der Waals surface area contributed by atoms with Crippen LogP contribution in [0.3, 0.4) is 0 Å². The third kappa shape index (κ3) is 2.16. The van der Waals surface area contributed by atoms with E-state index in [4.69, 9.17) is 11.5 Å². The van der Waals surface area contributed by atoms with Gasteiger partial charge < -0.3 is 11.5 Å². The predicted molar refractivity (Wildman–Crippen MR) is 68.9 cm³/mol. The molecule has 0 atom stereocenters. The number of carbonyl (C=O) groups is 1. The molecule has 88 valence electrons. The summed E-state index contributed by atoms with van der Waals surface area (Å²) in [6.45, 7) is 1.85. The Morgan fingerprint density at radius 1 is 1.47 bits per heavy atom. The van der Waals surface area contributed by atoms with E-state index in [1.54, 1.807) is 23.0 Å². The Morgan fingerprint density at radius 2 is 2.18 bits per heavy atom. The van der Waals surface area contributed by atoms with Gasteiger partial charge in [-0.25, -0.2) is 4.68 Å². The Labute approximate surface area is 107 Å². The lowest BCUT2D eigenvalue weighted by Gasteiger charge is -2.06. The maximum atomic E-state index is 11.4. The van der Waals surface area contributed by atoms with E-state index >= 15 is 0 Å². The number of anilines is 1. The summed E-state index contributed by atoms with van der Waals surface area (Å²) in [4.78, 5) is 11.4. The van der Waals surface area contributed by atoms with Crippen LogP contribution in [0.2, 0.25) is 0 Å². The number of aryl methyl sites for hydroxylation is 1. The summed E-state index contributed by atoms with van der Waals surface area (Å²) in [6, 6.07) is 5.23. The third-order valence-corrected chi connectivity index (χ3v) is 2.90. The van der Waals surface area contributed by atoms with E-state index in [2.05, 4.69) is 21.0 Å². The molecule has 1 aromatic heterocycles. The molecule has 17 heavy (non-hydrogen) atoms. The number of primary amides is 1. The van der Waals surface area contributed by atoms with Crippen molar-refractivity contribution in [2.75, 3.05) is 5.73 Å². The maximum Gasteiger partial charge on any atom is 0.250 e. The lowest BCUT2D eigenvalue weighted by Crippen LogP contribution is -2.15. The molecule has 0 aliphatic heterocycles. The lowest BCUT2D eigenvalue weighted by molar-refractivity contribution is 0.1000. The van der Waals surface area contributed by atoms with Crippen LogP contribution in [-0.2, 0) is 0 Å². The maximum absolute atomic E-state index is 11.4. The summed E-state index contributed by atoms with van der Waals surface area (Å²) in [5, 5.41) is 4.12. The SMILES string of the molecule is Cc1cn(-c2ccc(Br)cc2C(N)=O)nc1N. The third-order valence-electron chi connectivity index (χ3n) is 2.41. The second-order valence-corrected chi connectivity index (χ2v) is 4.58. The molecule has 0 aliphatic rings. The van der Waals surface area contributed by atoms with Crippen LogP contribution in [-0.4, -0.2) is 15.7 Å². The van der Waals surface area contributed by atoms with Gasteiger partial charge in [0.2, 0.25) is 0 Å². The molecule has 0 bridgehead atoms. The van der Waals surface area contributed by atoms with Gasteiger partial charge in [-0.2, -0.15) is 5.10 Å². The van der Waals surface area contributed by atoms with Gasteiger partial charge in [-0.05, 0) is 25.1 Å². The highest BCUT2D eigenvalue weighted by Gasteiger charge is 2.12. The summed E-state index contributed by atoms with van der Waals surface area (Å²) >= 11 is 3.29. The van der Waals surface area contributed by atoms with Gasteiger partial charge >= 0.3 is 0 Å². The molecule has 1 heterocycles. The van der Waals surface area contributed by atoms with Crippen molar-refractivity contribution in [1.29, 1.82) is 0 Å². The van der Waals surface area contributed by atoms with Crippen molar-refractivity contribution in [3.05, 3.63) is 40.0 Å². The molecule has 1 aromatic carbocycles. The summed E-state index contributed by atoms with van der Waals surface area (Å²) in [6.07, 6.45) is 1.75. The normalized spacial score (nSPS) is 10.5. The first kappa shape index (κ1) is 11.7. The van der Waals surface area contributed by atoms with Crippen LogP contribution < -0.4 is 11.5 Å². The van der Waals surface area contributed by atoms with E-state index in [1.165, 1.54) is 0 Å². The van der Waals surface area contributed by atoms with Gasteiger partial charge in [-0.1, -0.05) is 15.9 Å². The van der Waals surface area contributed by atoms with Crippen molar-refractivity contribution in [3.8, 4) is 5.69 Å². The van der Waals surface area contributed by atoms with Crippen LogP contribution in [0.25, 0.3) is 5.69 Å². The molecule has 0 saturated heterocycles. The van der Waals surface area contributed by atoms with E-state index in [0.29, 0.717) is 17.1 Å². The van der Waals surface area contributed by atoms with Crippen LogP contribution in [0.1, 0.15) is 15.9 Å². The second kappa shape index (κ2) is 4.21. The van der Waals surface area contributed by atoms with Crippen LogP contribution in [0.15, 0.2) is 28.9 Å². The van der Waals surface area contributed by atoms with Crippen molar-refractivity contribution in [2.24, 2.45) is 5.73 Å². The topological polar surface area (TPSA) is 86.9 Å². The molecule has 1 amide bonds. The molecule has 6 heteroatoms. The zero-order valence-corrected chi connectivity index (χ0v) is 10.7. The second-order valence-electron chi connectivity index (χ2n) is 3.67. The van der Waals surface area contributed by atoms with E-state index in [-0.39, 0.29) is 0 Å². The number of aromatic nitrogens is 2. The molecular weight excluding hydrogens is 284 g/mol. The fourth-order valence-electron chi connectivity index (χ4n) is 1.50. The Kier molecular flexibility index (Phi) is 2.89. The highest BCUT2D eigenvalue weighted by Crippen LogP contribution is 2.21. The number of amides is 1. The highest BCUT2D eigenvalue weighted by atomic mass is 79.9. The number of benzene rings is 1. The molecule has 0 radical (unpaired) electrons. The highest BCUT2D eigenvalue weighted by molar-refractivity contribution is 9.10. The zero-order valence-electron chi connectivity index (χ0n) is 9.14. The van der Waals surface area contributed by atoms with Crippen LogP contribution >= 0.6 is 15.9 Å². The number of carbonyl (C=O) groups excluding carboxylic acids is 1. The molecule has 4 N–H and O–H groups in total. The minimum atomic E-state index is -0.506. The fraction of sp³-hybridized carbons (Fsp3) is 0.0909. The Hall–Kier alpha value is -1.82. The molecule has 0 aliphatic carbocycles. The van der Waals surface area contributed by atoms with Gasteiger partial charge in [-0.3, -0.25) is 4.79 Å². The first-order valence-corrected chi connectivity index (χ1v) is 5.70. The number of nitrogens with two attached hydrogens (primary N) is 2. The summed E-state index contributed by atoms with van der Waals surface area (Å²) in [5.74, 6) is -0.0728. The van der Waals surface area contributed by atoms with E-state index < -0.39 is 5.91 Å². The molecule has 0 spiro atoms. The largest absolute Gasteiger partial charge is 0.382 e. The fourth-order valence-corrected chi connectivity index (χ4v) is 1.86. The van der Waals surface area contributed by atoms with Crippen LogP contribution in [0.5, 0.6) is 0 Å². The zero-order chi connectivity index (χ0) is 12.6. The van der Waals surface area contributed by atoms with Gasteiger partial charge in [0.15, 0.2) is 0 Å². The molecule has 0 saturated carbocycles. The summed E-state index contributed by atoms with van der Waals surface area (Å²) in [7, 11) is 0. The van der Waals surface area contributed by atoms with E-state index in [1.807, 2.05) is 13.0 Å². The summed E-state index contributed by atoms with van der Waals surface area (Å²) < 4.78 is 2.34. The summed E-state index contributed by atoms with van der Waals surface area (Å²) in [5.41, 5.74) is 12.9. The van der Waals surface area contributed by atoms with Crippen LogP contribution in [0, 0.1) is 6.92 Å². The Balaban J connectivity index is 2.62. The average molecular weight is 295 g/mol. The van der Waals surface area contributed by atoms with Gasteiger partial charge in [0.1, 0.15) is 5.82 Å². The average Bonchev–Trinajstić information content (AvgIpc) is 2.59. The van der Waals surface area contributed by atoms with Crippen molar-refractivity contribution in [2.45, 2.75) is 6.92 Å². The van der Waals surface area contributed by atoms with Gasteiger partial charge in [0, 0.05) is 16.2 Å². The quantitative estimate of drug-likeness (QED) is 0.882. The van der Waals surface area contributed by atoms with Crippen molar-refractivity contribution >= 4 is 27.7 Å². The Morgan fingerprint density at radius 3 is 2.71 bits per heavy atom. The number of halogens is 1. The standard InChI is InChI=1S/C11H11BrN4O/c1-6-5-16(15-10(6)13)9-3-2-7(12)4-8(9)11(14)17/h2-5H,1H3,(H2,13,15)(H2,14,17). The lowest BCUT2D eigenvalue weighted by atomic mass is 10.1. The van der Waals surface area contributed by atoms with Gasteiger partial charge in [0.05, 0.1) is 11.3 Å². The number of nitrogens with zero attached hydrogens (tertiary/aromatic N) is 2. The van der Waals surface area contributed by atoms with Crippen LogP contribution in [0.4, 0.5) is 5.82 Å². The molecule has 0 unspecified atom stereocenters. The van der Waals surface area contributed by atoms with Crippen molar-refractivity contribution in [3.63, 3.8) is 0 Å². The number of rotatable bonds is 2. The minimum absolute atomic E-state index is 0.391. The molecule has 5 nitrogen and oxygen atoms in total. The number of hydrogen-bond acceptors (Lipinski definition) is 3. The number of hydrogen-bond donors (Lipinski definition) is 2. The van der Waals surface area contributed by atoms with Crippen molar-refractivity contribution < 1.29 is 4.79 Å². The predicted octanol–water partition coefficient (Wildman–Crippen LogP) is 1.62. The first-order valence-electron chi connectivity index (χ1n) is 4.90. The Bertz CT molecular complexity index is 572. The monoisotopic (exact) mass is 294 g/mol. The van der Waals surface area contributed by atoms with Gasteiger partial charge in [-0.15, -0.1) is 0 Å². The molecule has 2 rings (SSSR count). The smallest absolute Gasteiger partial charge is 0.250 e.